The van der Waals surface area contributed by atoms with Crippen molar-refractivity contribution in [2.75, 3.05) is 13.2 Å². The Bertz CT molecular complexity index is 1060. The summed E-state index contributed by atoms with van der Waals surface area (Å²) in [5.74, 6) is -0.735. The van der Waals surface area contributed by atoms with E-state index in [1.54, 1.807) is 6.92 Å². The number of aliphatic hydroxyl groups is 2. The minimum absolute atomic E-state index is 0.0680. The molecule has 2 atom stereocenters. The van der Waals surface area contributed by atoms with E-state index in [9.17, 15) is 19.4 Å². The molecule has 3 N–H and O–H groups in total. The topological polar surface area (TPSA) is 91.7 Å². The van der Waals surface area contributed by atoms with Gasteiger partial charge in [-0.15, -0.1) is 0 Å². The molecule has 0 aliphatic heterocycles. The second-order valence-corrected chi connectivity index (χ2v) is 7.58. The number of aryl methyl sites for hydroxylation is 1. The van der Waals surface area contributed by atoms with Crippen molar-refractivity contribution in [2.24, 2.45) is 0 Å². The summed E-state index contributed by atoms with van der Waals surface area (Å²) in [4.78, 5) is 15.7. The number of hydrogen-bond donors (Lipinski definition) is 3. The Morgan fingerprint density at radius 2 is 1.74 bits per heavy atom. The highest BCUT2D eigenvalue weighted by Gasteiger charge is 2.29. The van der Waals surface area contributed by atoms with Crippen LogP contribution >= 0.6 is 0 Å². The van der Waals surface area contributed by atoms with Crippen LogP contribution in [0, 0.1) is 12.9 Å². The summed E-state index contributed by atoms with van der Waals surface area (Å²) < 4.78 is 18.5. The molecular formula is C24H23FN2O4. The second-order valence-electron chi connectivity index (χ2n) is 7.58. The Morgan fingerprint density at radius 1 is 1.13 bits per heavy atom. The van der Waals surface area contributed by atoms with Gasteiger partial charge in [-0.05, 0) is 40.8 Å². The second kappa shape index (κ2) is 8.83. The number of benzene rings is 2. The van der Waals surface area contributed by atoms with Crippen LogP contribution in [0.4, 0.5) is 9.18 Å². The maximum atomic E-state index is 13.1. The zero-order chi connectivity index (χ0) is 22.0. The van der Waals surface area contributed by atoms with Crippen molar-refractivity contribution >= 4 is 6.09 Å². The third kappa shape index (κ3) is 4.28. The molecule has 1 heterocycles. The smallest absolute Gasteiger partial charge is 0.407 e. The van der Waals surface area contributed by atoms with Crippen molar-refractivity contribution in [2.45, 2.75) is 25.0 Å². The SMILES string of the molecule is Cc1cc(F)ncc1C(O)C(O)CNC(=O)OCC1c2ccccc2-c2ccccc21. The van der Waals surface area contributed by atoms with E-state index in [0.717, 1.165) is 22.3 Å². The van der Waals surface area contributed by atoms with Gasteiger partial charge in [0.05, 0.1) is 0 Å². The lowest BCUT2D eigenvalue weighted by Crippen LogP contribution is -2.36. The third-order valence-corrected chi connectivity index (χ3v) is 5.60. The number of rotatable bonds is 6. The number of carbonyl (C=O) groups is 1. The maximum absolute atomic E-state index is 13.1. The van der Waals surface area contributed by atoms with Gasteiger partial charge in [0.15, 0.2) is 0 Å². The van der Waals surface area contributed by atoms with Crippen LogP contribution in [-0.4, -0.2) is 40.5 Å². The van der Waals surface area contributed by atoms with Crippen molar-refractivity contribution in [3.05, 3.63) is 89.0 Å². The van der Waals surface area contributed by atoms with E-state index in [1.807, 2.05) is 36.4 Å². The van der Waals surface area contributed by atoms with E-state index in [4.69, 9.17) is 4.74 Å². The molecule has 0 radical (unpaired) electrons. The summed E-state index contributed by atoms with van der Waals surface area (Å²) in [6, 6.07) is 17.2. The van der Waals surface area contributed by atoms with E-state index in [2.05, 4.69) is 22.4 Å². The van der Waals surface area contributed by atoms with Gasteiger partial charge in [-0.3, -0.25) is 0 Å². The average Bonchev–Trinajstić information content (AvgIpc) is 3.09. The van der Waals surface area contributed by atoms with E-state index < -0.39 is 24.2 Å². The van der Waals surface area contributed by atoms with Crippen LogP contribution in [0.25, 0.3) is 11.1 Å². The van der Waals surface area contributed by atoms with Gasteiger partial charge in [-0.1, -0.05) is 48.5 Å². The molecule has 31 heavy (non-hydrogen) atoms. The summed E-state index contributed by atoms with van der Waals surface area (Å²) in [6.07, 6.45) is -2.14. The fourth-order valence-corrected chi connectivity index (χ4v) is 4.00. The maximum Gasteiger partial charge on any atom is 0.407 e. The number of fused-ring (bicyclic) bond motifs is 3. The van der Waals surface area contributed by atoms with Crippen molar-refractivity contribution < 1.29 is 24.1 Å². The first-order valence-corrected chi connectivity index (χ1v) is 10.0. The molecule has 1 aliphatic carbocycles. The minimum Gasteiger partial charge on any atom is -0.449 e. The van der Waals surface area contributed by atoms with Crippen LogP contribution in [-0.2, 0) is 4.74 Å². The lowest BCUT2D eigenvalue weighted by Gasteiger charge is -2.20. The molecule has 2 aromatic carbocycles. The van der Waals surface area contributed by atoms with Crippen molar-refractivity contribution in [1.82, 2.24) is 10.3 Å². The molecule has 1 amide bonds. The number of alkyl carbamates (subject to hydrolysis) is 1. The van der Waals surface area contributed by atoms with Gasteiger partial charge in [-0.25, -0.2) is 9.78 Å². The van der Waals surface area contributed by atoms with Crippen molar-refractivity contribution in [1.29, 1.82) is 0 Å². The van der Waals surface area contributed by atoms with Gasteiger partial charge in [0.2, 0.25) is 5.95 Å². The first-order chi connectivity index (χ1) is 15.0. The van der Waals surface area contributed by atoms with Crippen LogP contribution in [0.15, 0.2) is 60.8 Å². The first-order valence-electron chi connectivity index (χ1n) is 10.0. The quantitative estimate of drug-likeness (QED) is 0.529. The number of pyridine rings is 1. The van der Waals surface area contributed by atoms with Gasteiger partial charge in [0.1, 0.15) is 18.8 Å². The van der Waals surface area contributed by atoms with Crippen LogP contribution in [0.2, 0.25) is 0 Å². The van der Waals surface area contributed by atoms with Crippen LogP contribution in [0.5, 0.6) is 0 Å². The molecule has 0 fully saturated rings. The highest BCUT2D eigenvalue weighted by molar-refractivity contribution is 5.79. The van der Waals surface area contributed by atoms with Crippen LogP contribution in [0.1, 0.15) is 34.3 Å². The third-order valence-electron chi connectivity index (χ3n) is 5.60. The molecule has 0 saturated heterocycles. The Balaban J connectivity index is 1.35. The number of aromatic nitrogens is 1. The predicted octanol–water partition coefficient (Wildman–Crippen LogP) is 3.46. The van der Waals surface area contributed by atoms with Crippen LogP contribution < -0.4 is 5.32 Å². The van der Waals surface area contributed by atoms with E-state index in [1.165, 1.54) is 12.3 Å². The summed E-state index contributed by atoms with van der Waals surface area (Å²) in [7, 11) is 0. The number of nitrogens with one attached hydrogen (secondary N) is 1. The van der Waals surface area contributed by atoms with E-state index in [0.29, 0.717) is 11.1 Å². The van der Waals surface area contributed by atoms with Gasteiger partial charge in [-0.2, -0.15) is 4.39 Å². The lowest BCUT2D eigenvalue weighted by atomic mass is 9.98. The fraction of sp³-hybridized carbons (Fsp3) is 0.250. The molecule has 0 spiro atoms. The monoisotopic (exact) mass is 422 g/mol. The first kappa shape index (κ1) is 21.0. The highest BCUT2D eigenvalue weighted by Crippen LogP contribution is 2.44. The molecule has 7 heteroatoms. The summed E-state index contributed by atoms with van der Waals surface area (Å²) in [5.41, 5.74) is 5.23. The molecule has 4 rings (SSSR count). The fourth-order valence-electron chi connectivity index (χ4n) is 4.00. The molecule has 1 aliphatic rings. The number of nitrogens with zero attached hydrogens (tertiary/aromatic N) is 1. The summed E-state index contributed by atoms with van der Waals surface area (Å²) >= 11 is 0. The normalized spacial score (nSPS) is 14.5. The lowest BCUT2D eigenvalue weighted by molar-refractivity contribution is 0.0179. The Hall–Kier alpha value is -3.29. The van der Waals surface area contributed by atoms with E-state index in [-0.39, 0.29) is 19.1 Å². The van der Waals surface area contributed by atoms with E-state index >= 15 is 0 Å². The molecule has 160 valence electrons. The van der Waals surface area contributed by atoms with Gasteiger partial charge < -0.3 is 20.3 Å². The number of amides is 1. The molecule has 6 nitrogen and oxygen atoms in total. The number of halogens is 1. The average molecular weight is 422 g/mol. The summed E-state index contributed by atoms with van der Waals surface area (Å²) in [6.45, 7) is 1.53. The highest BCUT2D eigenvalue weighted by atomic mass is 19.1. The molecule has 3 aromatic rings. The molecule has 0 saturated carbocycles. The van der Waals surface area contributed by atoms with Crippen molar-refractivity contribution in [3.63, 3.8) is 0 Å². The number of hydrogen-bond acceptors (Lipinski definition) is 5. The van der Waals surface area contributed by atoms with Gasteiger partial charge >= 0.3 is 6.09 Å². The number of aliphatic hydroxyl groups excluding tert-OH is 2. The van der Waals surface area contributed by atoms with Gasteiger partial charge in [0, 0.05) is 24.2 Å². The molecular weight excluding hydrogens is 399 g/mol. The predicted molar refractivity (Wildman–Crippen MR) is 113 cm³/mol. The number of ether oxygens (including phenoxy) is 1. The van der Waals surface area contributed by atoms with Crippen molar-refractivity contribution in [3.8, 4) is 11.1 Å². The largest absolute Gasteiger partial charge is 0.449 e. The molecule has 0 bridgehead atoms. The molecule has 1 aromatic heterocycles. The standard InChI is InChI=1S/C24H23FN2O4/c1-14-10-22(25)26-11-19(14)23(29)21(28)12-27-24(30)31-13-20-17-8-4-2-6-15(17)16-7-3-5-9-18(16)20/h2-11,20-21,23,28-29H,12-13H2,1H3,(H,27,30). The zero-order valence-corrected chi connectivity index (χ0v) is 17.0. The minimum atomic E-state index is -1.32. The molecule has 2 unspecified atom stereocenters. The Kier molecular flexibility index (Phi) is 5.97. The van der Waals surface area contributed by atoms with Gasteiger partial charge in [0.25, 0.3) is 0 Å². The zero-order valence-electron chi connectivity index (χ0n) is 17.0. The van der Waals surface area contributed by atoms with Crippen LogP contribution in [0.3, 0.4) is 0 Å². The Labute approximate surface area is 179 Å². The summed E-state index contributed by atoms with van der Waals surface area (Å²) in [5, 5.41) is 23.0. The number of carbonyl (C=O) groups excluding carboxylic acids is 1. The Morgan fingerprint density at radius 3 is 2.35 bits per heavy atom.